The average Bonchev–Trinajstić information content (AvgIpc) is 2.44. The van der Waals surface area contributed by atoms with E-state index in [1.54, 1.807) is 12.1 Å². The Hall–Kier alpha value is -2.11. The molecule has 0 aliphatic rings. The van der Waals surface area contributed by atoms with Crippen molar-refractivity contribution in [3.8, 4) is 0 Å². The predicted octanol–water partition coefficient (Wildman–Crippen LogP) is 1.93. The summed E-state index contributed by atoms with van der Waals surface area (Å²) in [7, 11) is 0. The molecule has 116 valence electrons. The fourth-order valence-corrected chi connectivity index (χ4v) is 1.84. The van der Waals surface area contributed by atoms with Crippen molar-refractivity contribution in [3.63, 3.8) is 0 Å². The zero-order valence-corrected chi connectivity index (χ0v) is 12.4. The Labute approximate surface area is 124 Å². The van der Waals surface area contributed by atoms with Crippen molar-refractivity contribution in [1.82, 2.24) is 16.0 Å². The van der Waals surface area contributed by atoms with E-state index in [-0.39, 0.29) is 30.9 Å². The van der Waals surface area contributed by atoms with E-state index in [0.717, 1.165) is 18.4 Å². The van der Waals surface area contributed by atoms with Crippen molar-refractivity contribution in [3.05, 3.63) is 35.6 Å². The van der Waals surface area contributed by atoms with Crippen LogP contribution in [0.5, 0.6) is 0 Å². The van der Waals surface area contributed by atoms with Crippen LogP contribution in [0, 0.1) is 5.82 Å². The van der Waals surface area contributed by atoms with Gasteiger partial charge in [0, 0.05) is 12.6 Å². The minimum atomic E-state index is -0.433. The summed E-state index contributed by atoms with van der Waals surface area (Å²) in [6.45, 7) is 4.18. The van der Waals surface area contributed by atoms with Gasteiger partial charge in [-0.1, -0.05) is 25.5 Å². The van der Waals surface area contributed by atoms with Crippen molar-refractivity contribution >= 4 is 11.9 Å². The van der Waals surface area contributed by atoms with Gasteiger partial charge in [0.15, 0.2) is 0 Å². The van der Waals surface area contributed by atoms with Crippen molar-refractivity contribution < 1.29 is 14.0 Å². The second-order valence-corrected chi connectivity index (χ2v) is 4.92. The highest BCUT2D eigenvalue weighted by Gasteiger charge is 2.08. The summed E-state index contributed by atoms with van der Waals surface area (Å²) < 4.78 is 12.7. The largest absolute Gasteiger partial charge is 0.352 e. The summed E-state index contributed by atoms with van der Waals surface area (Å²) in [5, 5.41) is 7.87. The van der Waals surface area contributed by atoms with Gasteiger partial charge in [-0.15, -0.1) is 0 Å². The molecule has 3 N–H and O–H groups in total. The molecule has 0 aliphatic heterocycles. The Morgan fingerprint density at radius 3 is 2.48 bits per heavy atom. The Bertz CT molecular complexity index is 462. The van der Waals surface area contributed by atoms with Crippen molar-refractivity contribution in [1.29, 1.82) is 0 Å². The van der Waals surface area contributed by atoms with E-state index < -0.39 is 6.03 Å². The Morgan fingerprint density at radius 1 is 1.19 bits per heavy atom. The number of benzene rings is 1. The van der Waals surface area contributed by atoms with Gasteiger partial charge in [0.1, 0.15) is 5.82 Å². The third kappa shape index (κ3) is 7.29. The van der Waals surface area contributed by atoms with Gasteiger partial charge in [-0.3, -0.25) is 4.79 Å². The maximum absolute atomic E-state index is 12.7. The molecular formula is C15H22FN3O2. The lowest BCUT2D eigenvalue weighted by molar-refractivity contribution is -0.120. The van der Waals surface area contributed by atoms with Crippen LogP contribution in [-0.2, 0) is 11.3 Å². The van der Waals surface area contributed by atoms with Crippen molar-refractivity contribution in [2.75, 3.05) is 6.54 Å². The number of carbonyl (C=O) groups is 2. The minimum Gasteiger partial charge on any atom is -0.352 e. The summed E-state index contributed by atoms with van der Waals surface area (Å²) in [6, 6.07) is 5.52. The van der Waals surface area contributed by atoms with Crippen LogP contribution in [0.3, 0.4) is 0 Å². The first kappa shape index (κ1) is 16.9. The van der Waals surface area contributed by atoms with E-state index in [1.165, 1.54) is 12.1 Å². The molecule has 0 aromatic heterocycles. The summed E-state index contributed by atoms with van der Waals surface area (Å²) in [5.41, 5.74) is 0.785. The highest BCUT2D eigenvalue weighted by atomic mass is 19.1. The van der Waals surface area contributed by atoms with E-state index in [2.05, 4.69) is 16.0 Å². The van der Waals surface area contributed by atoms with Gasteiger partial charge < -0.3 is 16.0 Å². The molecule has 0 aliphatic carbocycles. The van der Waals surface area contributed by atoms with E-state index >= 15 is 0 Å². The molecule has 5 nitrogen and oxygen atoms in total. The number of hydrogen-bond acceptors (Lipinski definition) is 2. The Kier molecular flexibility index (Phi) is 7.21. The molecule has 1 atom stereocenters. The first-order valence-electron chi connectivity index (χ1n) is 7.06. The van der Waals surface area contributed by atoms with Crippen LogP contribution >= 0.6 is 0 Å². The molecule has 1 rings (SSSR count). The van der Waals surface area contributed by atoms with Crippen LogP contribution < -0.4 is 16.0 Å². The number of amides is 3. The predicted molar refractivity (Wildman–Crippen MR) is 79.2 cm³/mol. The fraction of sp³-hybridized carbons (Fsp3) is 0.467. The van der Waals surface area contributed by atoms with Crippen LogP contribution in [0.25, 0.3) is 0 Å². The molecule has 1 aromatic carbocycles. The SMILES string of the molecule is CCCC(C)NC(=O)CNC(=O)NCc1ccc(F)cc1. The Morgan fingerprint density at radius 2 is 1.86 bits per heavy atom. The second-order valence-electron chi connectivity index (χ2n) is 4.92. The Balaban J connectivity index is 2.21. The number of urea groups is 1. The van der Waals surface area contributed by atoms with Gasteiger partial charge in [-0.05, 0) is 31.0 Å². The molecule has 1 aromatic rings. The van der Waals surface area contributed by atoms with Crippen LogP contribution in [-0.4, -0.2) is 24.5 Å². The van der Waals surface area contributed by atoms with Crippen LogP contribution in [0.2, 0.25) is 0 Å². The number of carbonyl (C=O) groups excluding carboxylic acids is 2. The highest BCUT2D eigenvalue weighted by Crippen LogP contribution is 2.01. The lowest BCUT2D eigenvalue weighted by Crippen LogP contribution is -2.44. The quantitative estimate of drug-likeness (QED) is 0.719. The molecule has 0 fully saturated rings. The number of hydrogen-bond donors (Lipinski definition) is 3. The lowest BCUT2D eigenvalue weighted by atomic mass is 10.2. The number of halogens is 1. The normalized spacial score (nSPS) is 11.6. The molecule has 0 spiro atoms. The number of rotatable bonds is 7. The zero-order valence-electron chi connectivity index (χ0n) is 12.4. The van der Waals surface area contributed by atoms with Gasteiger partial charge in [-0.25, -0.2) is 9.18 Å². The first-order chi connectivity index (χ1) is 10.0. The molecule has 3 amide bonds. The summed E-state index contributed by atoms with van der Waals surface area (Å²) in [6.07, 6.45) is 1.90. The molecule has 0 saturated carbocycles. The lowest BCUT2D eigenvalue weighted by Gasteiger charge is -2.13. The molecule has 0 saturated heterocycles. The van der Waals surface area contributed by atoms with Crippen LogP contribution in [0.1, 0.15) is 32.3 Å². The van der Waals surface area contributed by atoms with E-state index in [4.69, 9.17) is 0 Å². The van der Waals surface area contributed by atoms with E-state index in [0.29, 0.717) is 0 Å². The van der Waals surface area contributed by atoms with Crippen molar-refractivity contribution in [2.24, 2.45) is 0 Å². The third-order valence-electron chi connectivity index (χ3n) is 2.90. The van der Waals surface area contributed by atoms with E-state index in [1.807, 2.05) is 13.8 Å². The third-order valence-corrected chi connectivity index (χ3v) is 2.90. The van der Waals surface area contributed by atoms with Crippen LogP contribution in [0.4, 0.5) is 9.18 Å². The molecular weight excluding hydrogens is 273 g/mol. The van der Waals surface area contributed by atoms with Gasteiger partial charge in [0.05, 0.1) is 6.54 Å². The topological polar surface area (TPSA) is 70.2 Å². The summed E-state index contributed by atoms with van der Waals surface area (Å²) in [4.78, 5) is 23.1. The van der Waals surface area contributed by atoms with Gasteiger partial charge in [0.25, 0.3) is 0 Å². The standard InChI is InChI=1S/C15H22FN3O2/c1-3-4-11(2)19-14(20)10-18-15(21)17-9-12-5-7-13(16)8-6-12/h5-8,11H,3-4,9-10H2,1-2H3,(H,19,20)(H2,17,18,21). The second kappa shape index (κ2) is 8.94. The average molecular weight is 295 g/mol. The summed E-state index contributed by atoms with van der Waals surface area (Å²) >= 11 is 0. The number of nitrogens with one attached hydrogen (secondary N) is 3. The van der Waals surface area contributed by atoms with E-state index in [9.17, 15) is 14.0 Å². The van der Waals surface area contributed by atoms with Gasteiger partial charge in [-0.2, -0.15) is 0 Å². The first-order valence-corrected chi connectivity index (χ1v) is 7.06. The maximum atomic E-state index is 12.7. The maximum Gasteiger partial charge on any atom is 0.315 e. The zero-order chi connectivity index (χ0) is 15.7. The fourth-order valence-electron chi connectivity index (χ4n) is 1.84. The monoisotopic (exact) mass is 295 g/mol. The molecule has 0 heterocycles. The van der Waals surface area contributed by atoms with Crippen molar-refractivity contribution in [2.45, 2.75) is 39.3 Å². The minimum absolute atomic E-state index is 0.0662. The highest BCUT2D eigenvalue weighted by molar-refractivity contribution is 5.83. The molecule has 0 bridgehead atoms. The van der Waals surface area contributed by atoms with Gasteiger partial charge in [0.2, 0.25) is 5.91 Å². The smallest absolute Gasteiger partial charge is 0.315 e. The summed E-state index contributed by atoms with van der Waals surface area (Å²) in [5.74, 6) is -0.533. The molecule has 21 heavy (non-hydrogen) atoms. The molecule has 0 radical (unpaired) electrons. The van der Waals surface area contributed by atoms with Gasteiger partial charge >= 0.3 is 6.03 Å². The van der Waals surface area contributed by atoms with Crippen LogP contribution in [0.15, 0.2) is 24.3 Å². The molecule has 1 unspecified atom stereocenters. The molecule has 6 heteroatoms.